The summed E-state index contributed by atoms with van der Waals surface area (Å²) in [7, 11) is 0. The maximum atomic E-state index is 12.6. The van der Waals surface area contributed by atoms with E-state index in [2.05, 4.69) is 31.9 Å². The highest BCUT2D eigenvalue weighted by Gasteiger charge is 2.34. The van der Waals surface area contributed by atoms with Crippen molar-refractivity contribution in [3.05, 3.63) is 60.5 Å². The SMILES string of the molecule is Nc1c(Br)cc(Br)c2c1C(=O)c1cc(Cl)ccc1C2=O. The van der Waals surface area contributed by atoms with Gasteiger partial charge in [0.2, 0.25) is 0 Å². The van der Waals surface area contributed by atoms with Crippen LogP contribution in [-0.2, 0) is 0 Å². The second-order valence-electron chi connectivity index (χ2n) is 4.35. The molecule has 2 aromatic carbocycles. The van der Waals surface area contributed by atoms with E-state index in [1.54, 1.807) is 18.2 Å². The Morgan fingerprint density at radius 1 is 0.900 bits per heavy atom. The Morgan fingerprint density at radius 3 is 2.25 bits per heavy atom. The monoisotopic (exact) mass is 413 g/mol. The van der Waals surface area contributed by atoms with Crippen LogP contribution in [0.15, 0.2) is 33.2 Å². The molecule has 0 aromatic heterocycles. The normalized spacial score (nSPS) is 13.2. The summed E-state index contributed by atoms with van der Waals surface area (Å²) >= 11 is 12.5. The molecule has 0 radical (unpaired) electrons. The minimum atomic E-state index is -0.295. The van der Waals surface area contributed by atoms with E-state index in [-0.39, 0.29) is 28.4 Å². The van der Waals surface area contributed by atoms with Crippen molar-refractivity contribution in [1.82, 2.24) is 0 Å². The number of rotatable bonds is 0. The van der Waals surface area contributed by atoms with Gasteiger partial charge >= 0.3 is 0 Å². The van der Waals surface area contributed by atoms with Crippen LogP contribution in [0, 0.1) is 0 Å². The van der Waals surface area contributed by atoms with Gasteiger partial charge in [-0.15, -0.1) is 0 Å². The Balaban J connectivity index is 2.41. The molecule has 0 saturated carbocycles. The fourth-order valence-corrected chi connectivity index (χ4v) is 3.78. The van der Waals surface area contributed by atoms with E-state index >= 15 is 0 Å². The molecular formula is C14H6Br2ClNO2. The minimum absolute atomic E-state index is 0.214. The number of halogens is 3. The first-order valence-corrected chi connectivity index (χ1v) is 7.54. The maximum absolute atomic E-state index is 12.6. The molecule has 6 heteroatoms. The number of ketones is 2. The largest absolute Gasteiger partial charge is 0.397 e. The molecule has 0 fully saturated rings. The third-order valence-electron chi connectivity index (χ3n) is 3.19. The average molecular weight is 415 g/mol. The summed E-state index contributed by atoms with van der Waals surface area (Å²) in [6.07, 6.45) is 0. The van der Waals surface area contributed by atoms with Crippen molar-refractivity contribution in [1.29, 1.82) is 0 Å². The molecule has 1 aliphatic rings. The van der Waals surface area contributed by atoms with Crippen LogP contribution in [-0.4, -0.2) is 11.6 Å². The third-order valence-corrected chi connectivity index (χ3v) is 4.71. The average Bonchev–Trinajstić information content (AvgIpc) is 2.40. The van der Waals surface area contributed by atoms with Gasteiger partial charge in [0.15, 0.2) is 11.6 Å². The van der Waals surface area contributed by atoms with Gasteiger partial charge in [-0.05, 0) is 56.1 Å². The summed E-state index contributed by atoms with van der Waals surface area (Å²) in [6.45, 7) is 0. The Kier molecular flexibility index (Phi) is 3.23. The molecule has 0 unspecified atom stereocenters. The predicted molar refractivity (Wildman–Crippen MR) is 84.6 cm³/mol. The molecular weight excluding hydrogens is 409 g/mol. The fraction of sp³-hybridized carbons (Fsp3) is 0. The summed E-state index contributed by atoms with van der Waals surface area (Å²) in [5.74, 6) is -0.533. The van der Waals surface area contributed by atoms with Crippen LogP contribution in [0.5, 0.6) is 0 Å². The highest BCUT2D eigenvalue weighted by atomic mass is 79.9. The van der Waals surface area contributed by atoms with Gasteiger partial charge in [0.1, 0.15) is 0 Å². The lowest BCUT2D eigenvalue weighted by atomic mass is 9.83. The Bertz CT molecular complexity index is 802. The Morgan fingerprint density at radius 2 is 1.55 bits per heavy atom. The minimum Gasteiger partial charge on any atom is -0.397 e. The first kappa shape index (κ1) is 13.8. The molecule has 3 nitrogen and oxygen atoms in total. The predicted octanol–water partition coefficient (Wildman–Crippen LogP) is 4.22. The molecule has 2 aromatic rings. The summed E-state index contributed by atoms with van der Waals surface area (Å²) in [5.41, 5.74) is 7.34. The van der Waals surface area contributed by atoms with E-state index in [0.29, 0.717) is 25.1 Å². The molecule has 100 valence electrons. The summed E-state index contributed by atoms with van der Waals surface area (Å²) in [6, 6.07) is 6.31. The van der Waals surface area contributed by atoms with Crippen LogP contribution >= 0.6 is 43.5 Å². The lowest BCUT2D eigenvalue weighted by Gasteiger charge is -2.21. The fourth-order valence-electron chi connectivity index (χ4n) is 2.26. The van der Waals surface area contributed by atoms with E-state index < -0.39 is 0 Å². The quantitative estimate of drug-likeness (QED) is 0.559. The van der Waals surface area contributed by atoms with Gasteiger partial charge in [0, 0.05) is 25.1 Å². The number of nitrogen functional groups attached to an aromatic ring is 1. The molecule has 0 amide bonds. The maximum Gasteiger partial charge on any atom is 0.196 e. The van der Waals surface area contributed by atoms with E-state index in [1.807, 2.05) is 0 Å². The standard InChI is InChI=1S/C14H6Br2ClNO2/c15-8-4-9(16)12(18)11-10(8)13(19)6-2-1-5(17)3-7(6)14(11)20/h1-4H,18H2. The molecule has 0 saturated heterocycles. The molecule has 20 heavy (non-hydrogen) atoms. The van der Waals surface area contributed by atoms with E-state index in [9.17, 15) is 9.59 Å². The number of hydrogen-bond acceptors (Lipinski definition) is 3. The number of carbonyl (C=O) groups excluding carboxylic acids is 2. The Labute approximate surface area is 136 Å². The van der Waals surface area contributed by atoms with Crippen molar-refractivity contribution in [2.45, 2.75) is 0 Å². The van der Waals surface area contributed by atoms with Crippen molar-refractivity contribution >= 4 is 60.7 Å². The zero-order chi connectivity index (χ0) is 14.6. The smallest absolute Gasteiger partial charge is 0.196 e. The van der Waals surface area contributed by atoms with Gasteiger partial charge < -0.3 is 5.73 Å². The summed E-state index contributed by atoms with van der Waals surface area (Å²) in [5, 5.41) is 0.404. The highest BCUT2D eigenvalue weighted by molar-refractivity contribution is 9.11. The Hall–Kier alpha value is -1.17. The van der Waals surface area contributed by atoms with Gasteiger partial charge in [0.25, 0.3) is 0 Å². The molecule has 0 spiro atoms. The number of hydrogen-bond donors (Lipinski definition) is 1. The van der Waals surface area contributed by atoms with Gasteiger partial charge in [0.05, 0.1) is 16.8 Å². The first-order valence-electron chi connectivity index (χ1n) is 5.58. The third kappa shape index (κ3) is 1.84. The summed E-state index contributed by atoms with van der Waals surface area (Å²) in [4.78, 5) is 25.2. The lowest BCUT2D eigenvalue weighted by molar-refractivity contribution is 0.0979. The zero-order valence-electron chi connectivity index (χ0n) is 9.84. The molecule has 0 aliphatic heterocycles. The molecule has 2 N–H and O–H groups in total. The van der Waals surface area contributed by atoms with Crippen molar-refractivity contribution in [3.8, 4) is 0 Å². The van der Waals surface area contributed by atoms with Crippen LogP contribution in [0.3, 0.4) is 0 Å². The van der Waals surface area contributed by atoms with Crippen LogP contribution in [0.25, 0.3) is 0 Å². The molecule has 3 rings (SSSR count). The molecule has 1 aliphatic carbocycles. The van der Waals surface area contributed by atoms with Gasteiger partial charge in [-0.1, -0.05) is 11.6 Å². The molecule has 0 atom stereocenters. The van der Waals surface area contributed by atoms with Crippen molar-refractivity contribution in [2.75, 3.05) is 5.73 Å². The van der Waals surface area contributed by atoms with Gasteiger partial charge in [-0.2, -0.15) is 0 Å². The van der Waals surface area contributed by atoms with Gasteiger partial charge in [-0.3, -0.25) is 9.59 Å². The number of benzene rings is 2. The molecule has 0 bridgehead atoms. The zero-order valence-corrected chi connectivity index (χ0v) is 13.8. The van der Waals surface area contributed by atoms with Crippen LogP contribution < -0.4 is 5.73 Å². The number of nitrogens with two attached hydrogens (primary N) is 1. The van der Waals surface area contributed by atoms with E-state index in [0.717, 1.165) is 0 Å². The van der Waals surface area contributed by atoms with Crippen molar-refractivity contribution in [2.24, 2.45) is 0 Å². The van der Waals surface area contributed by atoms with Crippen molar-refractivity contribution < 1.29 is 9.59 Å². The topological polar surface area (TPSA) is 60.2 Å². The summed E-state index contributed by atoms with van der Waals surface area (Å²) < 4.78 is 1.10. The molecule has 0 heterocycles. The number of anilines is 1. The highest BCUT2D eigenvalue weighted by Crippen LogP contribution is 2.39. The lowest BCUT2D eigenvalue weighted by Crippen LogP contribution is -2.23. The number of fused-ring (bicyclic) bond motifs is 2. The van der Waals surface area contributed by atoms with E-state index in [4.69, 9.17) is 17.3 Å². The van der Waals surface area contributed by atoms with Crippen molar-refractivity contribution in [3.63, 3.8) is 0 Å². The second kappa shape index (κ2) is 4.69. The second-order valence-corrected chi connectivity index (χ2v) is 6.50. The van der Waals surface area contributed by atoms with Gasteiger partial charge in [-0.25, -0.2) is 0 Å². The van der Waals surface area contributed by atoms with Crippen LogP contribution in [0.2, 0.25) is 5.02 Å². The number of carbonyl (C=O) groups is 2. The van der Waals surface area contributed by atoms with Crippen LogP contribution in [0.1, 0.15) is 31.8 Å². The van der Waals surface area contributed by atoms with Crippen LogP contribution in [0.4, 0.5) is 5.69 Å². The van der Waals surface area contributed by atoms with E-state index in [1.165, 1.54) is 6.07 Å². The first-order chi connectivity index (χ1) is 9.41.